The molecule has 3 fully saturated rings. The number of aromatic hydroxyl groups is 1. The molecule has 2 aliphatic carbocycles. The zero-order chi connectivity index (χ0) is 34.1. The Morgan fingerprint density at radius 2 is 1.60 bits per heavy atom. The molecule has 4 aliphatic rings. The molecular formula is C36H29BrCl2N2O7. The highest BCUT2D eigenvalue weighted by Crippen LogP contribution is 2.66. The van der Waals surface area contributed by atoms with Crippen LogP contribution in [0.1, 0.15) is 47.2 Å². The number of fused-ring (bicyclic) bond motifs is 4. The van der Waals surface area contributed by atoms with Gasteiger partial charge in [-0.05, 0) is 56.0 Å². The van der Waals surface area contributed by atoms with Crippen LogP contribution < -0.4 is 9.64 Å². The Morgan fingerprint density at radius 1 is 0.917 bits per heavy atom. The summed E-state index contributed by atoms with van der Waals surface area (Å²) in [5.41, 5.74) is 1.84. The number of likely N-dealkylation sites (tertiary alicyclic amines) is 1. The zero-order valence-corrected chi connectivity index (χ0v) is 28.7. The van der Waals surface area contributed by atoms with Gasteiger partial charge in [-0.1, -0.05) is 70.0 Å². The van der Waals surface area contributed by atoms with E-state index in [2.05, 4.69) is 15.9 Å². The Morgan fingerprint density at radius 3 is 2.27 bits per heavy atom. The first-order valence-corrected chi connectivity index (χ1v) is 17.4. The van der Waals surface area contributed by atoms with Gasteiger partial charge in [-0.25, -0.2) is 0 Å². The summed E-state index contributed by atoms with van der Waals surface area (Å²) in [6.45, 7) is 2.01. The van der Waals surface area contributed by atoms with E-state index >= 15 is 0 Å². The summed E-state index contributed by atoms with van der Waals surface area (Å²) >= 11 is 17.8. The lowest BCUT2D eigenvalue weighted by atomic mass is 9.56. The molecule has 246 valence electrons. The summed E-state index contributed by atoms with van der Waals surface area (Å²) in [5.74, 6) is -6.21. The van der Waals surface area contributed by atoms with E-state index in [1.165, 1.54) is 0 Å². The number of nitrogens with zero attached hydrogens (tertiary/aromatic N) is 2. The van der Waals surface area contributed by atoms with Gasteiger partial charge in [-0.3, -0.25) is 33.8 Å². The molecule has 9 nitrogen and oxygen atoms in total. The average molecular weight is 752 g/mol. The first-order valence-electron chi connectivity index (χ1n) is 15.5. The van der Waals surface area contributed by atoms with Crippen LogP contribution in [0.3, 0.4) is 0 Å². The van der Waals surface area contributed by atoms with Crippen molar-refractivity contribution in [3.05, 3.63) is 101 Å². The quantitative estimate of drug-likeness (QED) is 0.104. The van der Waals surface area contributed by atoms with Crippen molar-refractivity contribution in [1.82, 2.24) is 4.90 Å². The van der Waals surface area contributed by atoms with Gasteiger partial charge in [0, 0.05) is 22.6 Å². The lowest BCUT2D eigenvalue weighted by Crippen LogP contribution is -2.60. The number of amides is 4. The summed E-state index contributed by atoms with van der Waals surface area (Å²) in [6, 6.07) is 19.9. The second-order valence-electron chi connectivity index (χ2n) is 12.4. The van der Waals surface area contributed by atoms with Gasteiger partial charge >= 0.3 is 0 Å². The summed E-state index contributed by atoms with van der Waals surface area (Å²) in [6.07, 6.45) is 1.78. The third-order valence-corrected chi connectivity index (χ3v) is 12.0. The Balaban J connectivity index is 1.30. The molecule has 4 amide bonds. The van der Waals surface area contributed by atoms with E-state index in [1.807, 2.05) is 6.07 Å². The number of para-hydroxylation sites is 1. The number of ketones is 1. The summed E-state index contributed by atoms with van der Waals surface area (Å²) in [4.78, 5) is 67.1. The van der Waals surface area contributed by atoms with E-state index in [9.17, 15) is 29.1 Å². The standard InChI is InChI=1S/C36H29BrCl2N2O7/c1-2-48-26-10-6-9-24(30(26)43)28-22-15-16-23-27(25(22)17-35(38)33(46)40(18-37)34(47)36(28,35)39)32(45)41(31(23)44)21-13-11-20(12-14-21)29(42)19-7-4-3-5-8-19/h3-15,23,25,27-28,43H,2,16-18H2,1H3/t23-,25+,27-,28+,35+,36-/m0/s1. The molecule has 0 spiro atoms. The van der Waals surface area contributed by atoms with E-state index in [1.54, 1.807) is 79.7 Å². The Bertz CT molecular complexity index is 1920. The molecule has 0 unspecified atom stereocenters. The number of phenolic OH excluding ortho intramolecular Hbond substituents is 1. The lowest BCUT2D eigenvalue weighted by molar-refractivity contribution is -0.138. The molecule has 2 saturated heterocycles. The number of halogens is 3. The van der Waals surface area contributed by atoms with Gasteiger partial charge in [-0.2, -0.15) is 0 Å². The number of imide groups is 2. The topological polar surface area (TPSA) is 121 Å². The number of allylic oxidation sites excluding steroid dienone is 2. The maximum atomic E-state index is 14.3. The first-order chi connectivity index (χ1) is 23.0. The van der Waals surface area contributed by atoms with Crippen LogP contribution in [0, 0.1) is 17.8 Å². The molecule has 6 atom stereocenters. The lowest BCUT2D eigenvalue weighted by Gasteiger charge is -2.50. The van der Waals surface area contributed by atoms with Crippen LogP contribution in [0.25, 0.3) is 0 Å². The highest BCUT2D eigenvalue weighted by Gasteiger charge is 2.76. The molecule has 12 heteroatoms. The van der Waals surface area contributed by atoms with E-state index in [4.69, 9.17) is 27.9 Å². The number of hydrogen-bond donors (Lipinski definition) is 1. The number of carbonyl (C=O) groups excluding carboxylic acids is 5. The normalized spacial score (nSPS) is 29.4. The molecule has 0 aromatic heterocycles. The third-order valence-electron chi connectivity index (χ3n) is 10.1. The Hall–Kier alpha value is -3.99. The van der Waals surface area contributed by atoms with Crippen molar-refractivity contribution in [2.75, 3.05) is 17.0 Å². The smallest absolute Gasteiger partial charge is 0.254 e. The van der Waals surface area contributed by atoms with Crippen LogP contribution in [0.2, 0.25) is 0 Å². The molecule has 0 radical (unpaired) electrons. The molecular weight excluding hydrogens is 723 g/mol. The second-order valence-corrected chi connectivity index (χ2v) is 14.1. The molecule has 3 aromatic carbocycles. The number of alkyl halides is 3. The Labute approximate surface area is 294 Å². The highest BCUT2D eigenvalue weighted by atomic mass is 79.9. The van der Waals surface area contributed by atoms with Crippen molar-refractivity contribution in [1.29, 1.82) is 0 Å². The Kier molecular flexibility index (Phi) is 8.04. The van der Waals surface area contributed by atoms with Crippen molar-refractivity contribution < 1.29 is 33.8 Å². The minimum absolute atomic E-state index is 0.158. The van der Waals surface area contributed by atoms with Gasteiger partial charge in [0.25, 0.3) is 11.8 Å². The van der Waals surface area contributed by atoms with E-state index in [0.29, 0.717) is 22.4 Å². The average Bonchev–Trinajstić information content (AvgIpc) is 3.43. The predicted molar refractivity (Wildman–Crippen MR) is 181 cm³/mol. The fourth-order valence-electron chi connectivity index (χ4n) is 7.92. The highest BCUT2D eigenvalue weighted by molar-refractivity contribution is 9.09. The van der Waals surface area contributed by atoms with Crippen molar-refractivity contribution in [2.45, 2.75) is 35.4 Å². The van der Waals surface area contributed by atoms with Crippen LogP contribution >= 0.6 is 39.1 Å². The van der Waals surface area contributed by atoms with E-state index < -0.39 is 57.0 Å². The maximum Gasteiger partial charge on any atom is 0.254 e. The van der Waals surface area contributed by atoms with E-state index in [-0.39, 0.29) is 47.7 Å². The molecule has 48 heavy (non-hydrogen) atoms. The molecule has 2 heterocycles. The predicted octanol–water partition coefficient (Wildman–Crippen LogP) is 5.94. The first kappa shape index (κ1) is 32.6. The van der Waals surface area contributed by atoms with Crippen LogP contribution in [0.4, 0.5) is 5.69 Å². The summed E-state index contributed by atoms with van der Waals surface area (Å²) < 4.78 is 5.63. The van der Waals surface area contributed by atoms with Gasteiger partial charge in [-0.15, -0.1) is 23.2 Å². The summed E-state index contributed by atoms with van der Waals surface area (Å²) in [5, 5.41) is 11.4. The van der Waals surface area contributed by atoms with Crippen LogP contribution in [-0.2, 0) is 19.2 Å². The third kappa shape index (κ3) is 4.45. The molecule has 1 saturated carbocycles. The zero-order valence-electron chi connectivity index (χ0n) is 25.6. The van der Waals surface area contributed by atoms with Crippen LogP contribution in [-0.4, -0.2) is 61.2 Å². The van der Waals surface area contributed by atoms with Gasteiger partial charge < -0.3 is 9.84 Å². The van der Waals surface area contributed by atoms with Gasteiger partial charge in [0.2, 0.25) is 11.8 Å². The maximum absolute atomic E-state index is 14.3. The minimum Gasteiger partial charge on any atom is -0.504 e. The second kappa shape index (κ2) is 11.9. The number of ether oxygens (including phenoxy) is 1. The van der Waals surface area contributed by atoms with Crippen molar-refractivity contribution in [3.8, 4) is 11.5 Å². The molecule has 3 aromatic rings. The minimum atomic E-state index is -2.05. The van der Waals surface area contributed by atoms with Crippen LogP contribution in [0.15, 0.2) is 84.4 Å². The largest absolute Gasteiger partial charge is 0.504 e. The number of rotatable bonds is 7. The molecule has 0 bridgehead atoms. The molecule has 1 N–H and O–H groups in total. The van der Waals surface area contributed by atoms with Gasteiger partial charge in [0.1, 0.15) is 0 Å². The molecule has 2 aliphatic heterocycles. The van der Waals surface area contributed by atoms with Crippen molar-refractivity contribution in [2.24, 2.45) is 17.8 Å². The fraction of sp³-hybridized carbons (Fsp3) is 0.306. The monoisotopic (exact) mass is 750 g/mol. The molecule has 7 rings (SSSR count). The van der Waals surface area contributed by atoms with Crippen molar-refractivity contribution >= 4 is 74.2 Å². The van der Waals surface area contributed by atoms with E-state index in [0.717, 1.165) is 9.80 Å². The number of anilines is 1. The van der Waals surface area contributed by atoms with Crippen LogP contribution in [0.5, 0.6) is 11.5 Å². The van der Waals surface area contributed by atoms with Gasteiger partial charge in [0.15, 0.2) is 27.0 Å². The summed E-state index contributed by atoms with van der Waals surface area (Å²) in [7, 11) is 0. The number of carbonyl (C=O) groups is 5. The van der Waals surface area contributed by atoms with Crippen molar-refractivity contribution in [3.63, 3.8) is 0 Å². The van der Waals surface area contributed by atoms with Gasteiger partial charge in [0.05, 0.1) is 29.6 Å². The number of hydrogen-bond acceptors (Lipinski definition) is 7. The fourth-order valence-corrected chi connectivity index (χ4v) is 9.33. The number of phenols is 1. The number of benzene rings is 3. The SMILES string of the molecule is CCOc1cccc([C@H]2C3=CC[C@@H]4C(=O)N(c5ccc(C(=O)c6ccccc6)cc5)C(=O)[C@@H]4[C@@H]3C[C@@]3(Cl)C(=O)N(CBr)C(=O)[C@@]23Cl)c1O.